The Morgan fingerprint density at radius 3 is 2.83 bits per heavy atom. The molecule has 2 nitrogen and oxygen atoms in total. The molecule has 0 aliphatic carbocycles. The molecule has 0 fully saturated rings. The second-order valence-corrected chi connectivity index (χ2v) is 2.71. The van der Waals surface area contributed by atoms with Crippen molar-refractivity contribution in [2.75, 3.05) is 7.05 Å². The third kappa shape index (κ3) is 1.06. The summed E-state index contributed by atoms with van der Waals surface area (Å²) >= 11 is 0. The summed E-state index contributed by atoms with van der Waals surface area (Å²) in [6.07, 6.45) is 1.83. The number of fused-ring (bicyclic) bond motifs is 1. The molecule has 0 unspecified atom stereocenters. The third-order valence-electron chi connectivity index (χ3n) is 1.97. The summed E-state index contributed by atoms with van der Waals surface area (Å²) in [4.78, 5) is 4.32. The lowest BCUT2D eigenvalue weighted by Crippen LogP contribution is -2.72. The monoisotopic (exact) mass is 159 g/mol. The van der Waals surface area contributed by atoms with E-state index in [0.29, 0.717) is 0 Å². The van der Waals surface area contributed by atoms with Crippen LogP contribution in [0.25, 0.3) is 10.9 Å². The number of benzene rings is 1. The van der Waals surface area contributed by atoms with Gasteiger partial charge in [0.1, 0.15) is 5.52 Å². The van der Waals surface area contributed by atoms with Crippen LogP contribution >= 0.6 is 0 Å². The molecule has 0 bridgehead atoms. The van der Waals surface area contributed by atoms with E-state index in [-0.39, 0.29) is 0 Å². The van der Waals surface area contributed by atoms with Gasteiger partial charge in [-0.1, -0.05) is 18.2 Å². The van der Waals surface area contributed by atoms with Crippen molar-refractivity contribution in [3.8, 4) is 0 Å². The zero-order chi connectivity index (χ0) is 8.39. The molecule has 2 N–H and O–H groups in total. The van der Waals surface area contributed by atoms with Crippen LogP contribution in [0.1, 0.15) is 0 Å². The Bertz CT molecular complexity index is 390. The molecule has 0 saturated carbocycles. The van der Waals surface area contributed by atoms with Crippen molar-refractivity contribution in [1.82, 2.24) is 4.98 Å². The average molecular weight is 159 g/mol. The van der Waals surface area contributed by atoms with E-state index >= 15 is 0 Å². The van der Waals surface area contributed by atoms with Crippen molar-refractivity contribution in [3.05, 3.63) is 36.5 Å². The van der Waals surface area contributed by atoms with E-state index in [0.717, 1.165) is 5.52 Å². The minimum atomic E-state index is 1.09. The van der Waals surface area contributed by atoms with Crippen LogP contribution in [0.2, 0.25) is 0 Å². The maximum atomic E-state index is 4.32. The lowest BCUT2D eigenvalue weighted by molar-refractivity contribution is -0.538. The number of hydrogen-bond donors (Lipinski definition) is 1. The Kier molecular flexibility index (Phi) is 1.76. The van der Waals surface area contributed by atoms with Gasteiger partial charge < -0.3 is 5.32 Å². The van der Waals surface area contributed by atoms with Crippen molar-refractivity contribution in [3.63, 3.8) is 0 Å². The Balaban J connectivity index is 2.79. The molecule has 60 valence electrons. The molecule has 0 aliphatic heterocycles. The summed E-state index contributed by atoms with van der Waals surface area (Å²) in [6, 6.07) is 10.3. The largest absolute Gasteiger partial charge is 0.314 e. The first kappa shape index (κ1) is 7.25. The summed E-state index contributed by atoms with van der Waals surface area (Å²) < 4.78 is 0. The van der Waals surface area contributed by atoms with Crippen molar-refractivity contribution >= 4 is 16.6 Å². The Morgan fingerprint density at radius 2 is 2.00 bits per heavy atom. The number of nitrogens with zero attached hydrogens (tertiary/aromatic N) is 1. The number of rotatable bonds is 1. The highest BCUT2D eigenvalue weighted by atomic mass is 14.8. The second-order valence-electron chi connectivity index (χ2n) is 2.71. The molecule has 0 aliphatic rings. The molecule has 2 aromatic rings. The van der Waals surface area contributed by atoms with E-state index < -0.39 is 0 Å². The van der Waals surface area contributed by atoms with Crippen LogP contribution in [-0.2, 0) is 0 Å². The van der Waals surface area contributed by atoms with Crippen molar-refractivity contribution < 1.29 is 5.32 Å². The summed E-state index contributed by atoms with van der Waals surface area (Å²) in [7, 11) is 2.03. The topological polar surface area (TPSA) is 29.5 Å². The van der Waals surface area contributed by atoms with Gasteiger partial charge in [0, 0.05) is 17.6 Å². The van der Waals surface area contributed by atoms with Gasteiger partial charge in [-0.15, -0.1) is 0 Å². The molecule has 0 amide bonds. The molecule has 1 heterocycles. The average Bonchev–Trinajstić information content (AvgIpc) is 2.17. The fourth-order valence-corrected chi connectivity index (χ4v) is 1.36. The zero-order valence-electron chi connectivity index (χ0n) is 6.99. The lowest BCUT2D eigenvalue weighted by Gasteiger charge is -1.98. The smallest absolute Gasteiger partial charge is 0.155 e. The molecule has 2 rings (SSSR count). The fraction of sp³-hybridized carbons (Fsp3) is 0.100. The molecule has 0 spiro atoms. The van der Waals surface area contributed by atoms with Crippen molar-refractivity contribution in [1.29, 1.82) is 0 Å². The van der Waals surface area contributed by atoms with Crippen LogP contribution in [0.15, 0.2) is 36.5 Å². The zero-order valence-corrected chi connectivity index (χ0v) is 6.99. The Labute approximate surface area is 71.2 Å². The summed E-state index contributed by atoms with van der Waals surface area (Å²) in [5, 5.41) is 3.28. The van der Waals surface area contributed by atoms with Gasteiger partial charge in [0.25, 0.3) is 0 Å². The number of pyridine rings is 1. The SMILES string of the molecule is C[NH2+]c1cccc2cccnc12. The number of para-hydroxylation sites is 1. The first-order chi connectivity index (χ1) is 5.92. The van der Waals surface area contributed by atoms with E-state index in [2.05, 4.69) is 34.6 Å². The highest BCUT2D eigenvalue weighted by molar-refractivity contribution is 5.86. The molecular formula is C10H11N2+. The van der Waals surface area contributed by atoms with Crippen LogP contribution in [0.4, 0.5) is 5.69 Å². The summed E-state index contributed by atoms with van der Waals surface area (Å²) in [5.41, 5.74) is 2.29. The quantitative estimate of drug-likeness (QED) is 0.619. The molecule has 2 heteroatoms. The first-order valence-electron chi connectivity index (χ1n) is 4.05. The van der Waals surface area contributed by atoms with Crippen LogP contribution in [-0.4, -0.2) is 12.0 Å². The van der Waals surface area contributed by atoms with Crippen LogP contribution in [0.3, 0.4) is 0 Å². The number of nitrogens with two attached hydrogens (primary N) is 1. The van der Waals surface area contributed by atoms with Gasteiger partial charge in [-0.25, -0.2) is 4.98 Å². The normalized spacial score (nSPS) is 10.4. The van der Waals surface area contributed by atoms with Gasteiger partial charge in [0.2, 0.25) is 0 Å². The summed E-state index contributed by atoms with van der Waals surface area (Å²) in [6.45, 7) is 0. The van der Waals surface area contributed by atoms with Gasteiger partial charge in [-0.2, -0.15) is 0 Å². The second kappa shape index (κ2) is 2.91. The minimum Gasteiger partial charge on any atom is -0.314 e. The maximum Gasteiger partial charge on any atom is 0.155 e. The third-order valence-corrected chi connectivity index (χ3v) is 1.97. The van der Waals surface area contributed by atoms with Gasteiger partial charge in [0.15, 0.2) is 5.69 Å². The fourth-order valence-electron chi connectivity index (χ4n) is 1.36. The van der Waals surface area contributed by atoms with Crippen LogP contribution < -0.4 is 5.32 Å². The molecule has 0 atom stereocenters. The first-order valence-corrected chi connectivity index (χ1v) is 4.05. The Hall–Kier alpha value is -1.41. The van der Waals surface area contributed by atoms with Crippen molar-refractivity contribution in [2.24, 2.45) is 0 Å². The minimum absolute atomic E-state index is 1.09. The lowest BCUT2D eigenvalue weighted by atomic mass is 10.2. The summed E-state index contributed by atoms with van der Waals surface area (Å²) in [5.74, 6) is 0. The van der Waals surface area contributed by atoms with E-state index in [1.807, 2.05) is 19.3 Å². The number of quaternary nitrogens is 1. The van der Waals surface area contributed by atoms with E-state index in [9.17, 15) is 0 Å². The maximum absolute atomic E-state index is 4.32. The molecule has 0 saturated heterocycles. The van der Waals surface area contributed by atoms with Gasteiger partial charge in [-0.05, 0) is 6.07 Å². The highest BCUT2D eigenvalue weighted by Gasteiger charge is 2.00. The highest BCUT2D eigenvalue weighted by Crippen LogP contribution is 2.15. The Morgan fingerprint density at radius 1 is 1.17 bits per heavy atom. The number of hydrogen-bond acceptors (Lipinski definition) is 1. The molecule has 12 heavy (non-hydrogen) atoms. The van der Waals surface area contributed by atoms with Gasteiger partial charge >= 0.3 is 0 Å². The van der Waals surface area contributed by atoms with Crippen molar-refractivity contribution in [2.45, 2.75) is 0 Å². The van der Waals surface area contributed by atoms with Gasteiger partial charge in [-0.3, -0.25) is 0 Å². The van der Waals surface area contributed by atoms with Gasteiger partial charge in [0.05, 0.1) is 7.05 Å². The van der Waals surface area contributed by atoms with Crippen LogP contribution in [0.5, 0.6) is 0 Å². The van der Waals surface area contributed by atoms with E-state index in [1.165, 1.54) is 11.1 Å². The van der Waals surface area contributed by atoms with Crippen LogP contribution in [0, 0.1) is 0 Å². The van der Waals surface area contributed by atoms with E-state index in [1.54, 1.807) is 0 Å². The standard InChI is InChI=1S/C10H10N2/c1-11-9-6-2-4-8-5-3-7-12-10(8)9/h2-7,11H,1H3/p+1. The predicted molar refractivity (Wildman–Crippen MR) is 49.3 cm³/mol. The molecule has 0 radical (unpaired) electrons. The number of aromatic nitrogens is 1. The molecule has 1 aromatic carbocycles. The van der Waals surface area contributed by atoms with E-state index in [4.69, 9.17) is 0 Å². The molecular weight excluding hydrogens is 148 g/mol. The predicted octanol–water partition coefficient (Wildman–Crippen LogP) is 1.06. The molecule has 1 aromatic heterocycles.